The molecule has 1 saturated heterocycles. The molecule has 1 aromatic rings. The number of rotatable bonds is 3. The molecule has 21 heavy (non-hydrogen) atoms. The Balaban J connectivity index is 1.91. The maximum atomic E-state index is 11.3. The summed E-state index contributed by atoms with van der Waals surface area (Å²) >= 11 is 0. The summed E-state index contributed by atoms with van der Waals surface area (Å²) in [5.41, 5.74) is 6.03. The van der Waals surface area contributed by atoms with Gasteiger partial charge in [-0.3, -0.25) is 0 Å². The third-order valence-corrected chi connectivity index (χ3v) is 5.27. The Bertz CT molecular complexity index is 507. The lowest BCUT2D eigenvalue weighted by molar-refractivity contribution is -0.178. The van der Waals surface area contributed by atoms with Crippen LogP contribution in [-0.2, 0) is 11.2 Å². The highest BCUT2D eigenvalue weighted by Crippen LogP contribution is 2.46. The molecular weight excluding hydrogens is 266 g/mol. The molecule has 3 atom stereocenters. The highest BCUT2D eigenvalue weighted by atomic mass is 16.5. The molecule has 4 nitrogen and oxygen atoms in total. The van der Waals surface area contributed by atoms with Crippen LogP contribution in [0.1, 0.15) is 31.7 Å². The Hall–Kier alpha value is -1.10. The summed E-state index contributed by atoms with van der Waals surface area (Å²) in [6.45, 7) is 3.60. The Morgan fingerprint density at radius 1 is 1.38 bits per heavy atom. The monoisotopic (exact) mass is 291 g/mol. The van der Waals surface area contributed by atoms with Gasteiger partial charge in [-0.05, 0) is 24.5 Å². The van der Waals surface area contributed by atoms with Crippen molar-refractivity contribution in [2.75, 3.05) is 19.8 Å². The van der Waals surface area contributed by atoms with Gasteiger partial charge in [-0.1, -0.05) is 25.1 Å². The van der Waals surface area contributed by atoms with E-state index >= 15 is 0 Å². The van der Waals surface area contributed by atoms with Crippen LogP contribution in [-0.4, -0.2) is 36.6 Å². The van der Waals surface area contributed by atoms with Crippen molar-refractivity contribution in [1.82, 2.24) is 0 Å². The zero-order valence-corrected chi connectivity index (χ0v) is 12.7. The first kappa shape index (κ1) is 14.8. The molecule has 2 heterocycles. The number of hydrogen-bond donors (Lipinski definition) is 2. The van der Waals surface area contributed by atoms with Crippen molar-refractivity contribution in [3.05, 3.63) is 29.8 Å². The van der Waals surface area contributed by atoms with Gasteiger partial charge in [-0.15, -0.1) is 0 Å². The van der Waals surface area contributed by atoms with Gasteiger partial charge in [0.2, 0.25) is 0 Å². The first-order chi connectivity index (χ1) is 10.1. The zero-order chi connectivity index (χ0) is 14.9. The minimum absolute atomic E-state index is 0.115. The molecule has 3 rings (SSSR count). The van der Waals surface area contributed by atoms with Crippen LogP contribution >= 0.6 is 0 Å². The first-order valence-corrected chi connectivity index (χ1v) is 7.87. The smallest absolute Gasteiger partial charge is 0.122 e. The molecule has 0 aliphatic carbocycles. The van der Waals surface area contributed by atoms with Crippen molar-refractivity contribution in [2.45, 2.75) is 44.3 Å². The van der Waals surface area contributed by atoms with E-state index in [1.54, 1.807) is 0 Å². The van der Waals surface area contributed by atoms with Gasteiger partial charge < -0.3 is 20.3 Å². The van der Waals surface area contributed by atoms with Crippen LogP contribution in [0.3, 0.4) is 0 Å². The van der Waals surface area contributed by atoms with Crippen LogP contribution in [0.5, 0.6) is 5.75 Å². The van der Waals surface area contributed by atoms with Crippen LogP contribution in [0, 0.1) is 5.41 Å². The van der Waals surface area contributed by atoms with E-state index < -0.39 is 11.0 Å². The van der Waals surface area contributed by atoms with Crippen LogP contribution in [0.15, 0.2) is 24.3 Å². The van der Waals surface area contributed by atoms with E-state index in [2.05, 4.69) is 13.0 Å². The normalized spacial score (nSPS) is 35.9. The molecule has 3 N–H and O–H groups in total. The summed E-state index contributed by atoms with van der Waals surface area (Å²) in [6, 6.07) is 8.04. The fourth-order valence-corrected chi connectivity index (χ4v) is 3.72. The molecule has 2 aliphatic heterocycles. The van der Waals surface area contributed by atoms with Gasteiger partial charge in [-0.25, -0.2) is 0 Å². The lowest BCUT2D eigenvalue weighted by atomic mass is 9.63. The van der Waals surface area contributed by atoms with Crippen LogP contribution in [0.25, 0.3) is 0 Å². The highest BCUT2D eigenvalue weighted by molar-refractivity contribution is 5.37. The average molecular weight is 291 g/mol. The van der Waals surface area contributed by atoms with Gasteiger partial charge in [0.05, 0.1) is 18.3 Å². The summed E-state index contributed by atoms with van der Waals surface area (Å²) in [7, 11) is 0. The quantitative estimate of drug-likeness (QED) is 0.892. The number of para-hydroxylation sites is 1. The Kier molecular flexibility index (Phi) is 3.95. The Morgan fingerprint density at radius 3 is 2.95 bits per heavy atom. The lowest BCUT2D eigenvalue weighted by Gasteiger charge is -2.51. The lowest BCUT2D eigenvalue weighted by Crippen LogP contribution is -2.61. The number of nitrogens with two attached hydrogens (primary N) is 1. The van der Waals surface area contributed by atoms with Gasteiger partial charge in [0, 0.05) is 31.4 Å². The summed E-state index contributed by atoms with van der Waals surface area (Å²) in [5.74, 6) is 0.921. The fraction of sp³-hybridized carbons (Fsp3) is 0.647. The number of fused-ring (bicyclic) bond motifs is 1. The van der Waals surface area contributed by atoms with Crippen molar-refractivity contribution in [1.29, 1.82) is 0 Å². The van der Waals surface area contributed by atoms with E-state index in [0.29, 0.717) is 32.6 Å². The average Bonchev–Trinajstić information content (AvgIpc) is 2.54. The van der Waals surface area contributed by atoms with Gasteiger partial charge in [0.1, 0.15) is 5.75 Å². The second kappa shape index (κ2) is 5.59. The molecule has 0 bridgehead atoms. The molecule has 1 aromatic carbocycles. The molecular formula is C17H25NO3. The van der Waals surface area contributed by atoms with Crippen molar-refractivity contribution in [3.63, 3.8) is 0 Å². The van der Waals surface area contributed by atoms with E-state index in [4.69, 9.17) is 15.2 Å². The number of benzene rings is 1. The molecule has 3 unspecified atom stereocenters. The Morgan fingerprint density at radius 2 is 2.19 bits per heavy atom. The molecule has 0 spiro atoms. The summed E-state index contributed by atoms with van der Waals surface area (Å²) in [5, 5.41) is 11.3. The van der Waals surface area contributed by atoms with Crippen LogP contribution < -0.4 is 10.5 Å². The van der Waals surface area contributed by atoms with Gasteiger partial charge in [-0.2, -0.15) is 0 Å². The molecule has 0 saturated carbocycles. The maximum Gasteiger partial charge on any atom is 0.122 e. The topological polar surface area (TPSA) is 64.7 Å². The van der Waals surface area contributed by atoms with Crippen molar-refractivity contribution in [3.8, 4) is 5.75 Å². The summed E-state index contributed by atoms with van der Waals surface area (Å²) < 4.78 is 11.7. The minimum atomic E-state index is -0.811. The third kappa shape index (κ3) is 2.45. The standard InChI is InChI=1S/C17H25NO3/c1-2-14-10-17(19,7-8-20-14)16(11-18)9-13-5-3-4-6-15(13)21-12-16/h3-6,14,19H,2,7-12,18H2,1H3. The van der Waals surface area contributed by atoms with E-state index in [1.165, 1.54) is 0 Å². The number of hydrogen-bond acceptors (Lipinski definition) is 4. The van der Waals surface area contributed by atoms with E-state index in [9.17, 15) is 5.11 Å². The summed E-state index contributed by atoms with van der Waals surface area (Å²) in [6.07, 6.45) is 3.08. The van der Waals surface area contributed by atoms with Crippen LogP contribution in [0.4, 0.5) is 0 Å². The van der Waals surface area contributed by atoms with Gasteiger partial charge in [0.25, 0.3) is 0 Å². The predicted octanol–water partition coefficient (Wildman–Crippen LogP) is 1.89. The number of ether oxygens (including phenoxy) is 2. The van der Waals surface area contributed by atoms with E-state index in [-0.39, 0.29) is 6.10 Å². The number of aliphatic hydroxyl groups is 1. The Labute approximate surface area is 126 Å². The van der Waals surface area contributed by atoms with Crippen LogP contribution in [0.2, 0.25) is 0 Å². The molecule has 0 radical (unpaired) electrons. The SMILES string of the molecule is CCC1CC(O)(C2(CN)COc3ccccc3C2)CCO1. The maximum absolute atomic E-state index is 11.3. The molecule has 0 aromatic heterocycles. The first-order valence-electron chi connectivity index (χ1n) is 7.87. The second-order valence-electron chi connectivity index (χ2n) is 6.44. The molecule has 1 fully saturated rings. The third-order valence-electron chi connectivity index (χ3n) is 5.27. The highest BCUT2D eigenvalue weighted by Gasteiger charge is 2.53. The molecule has 2 aliphatic rings. The minimum Gasteiger partial charge on any atom is -0.493 e. The van der Waals surface area contributed by atoms with Crippen molar-refractivity contribution in [2.24, 2.45) is 11.1 Å². The second-order valence-corrected chi connectivity index (χ2v) is 6.44. The molecule has 0 amide bonds. The largest absolute Gasteiger partial charge is 0.493 e. The van der Waals surface area contributed by atoms with Crippen molar-refractivity contribution >= 4 is 0 Å². The predicted molar refractivity (Wildman–Crippen MR) is 81.3 cm³/mol. The fourth-order valence-electron chi connectivity index (χ4n) is 3.72. The van der Waals surface area contributed by atoms with Gasteiger partial charge >= 0.3 is 0 Å². The zero-order valence-electron chi connectivity index (χ0n) is 12.7. The van der Waals surface area contributed by atoms with Crippen molar-refractivity contribution < 1.29 is 14.6 Å². The molecule has 4 heteroatoms. The van der Waals surface area contributed by atoms with E-state index in [0.717, 1.165) is 24.2 Å². The summed E-state index contributed by atoms with van der Waals surface area (Å²) in [4.78, 5) is 0. The van der Waals surface area contributed by atoms with Gasteiger partial charge in [0.15, 0.2) is 0 Å². The van der Waals surface area contributed by atoms with E-state index in [1.807, 2.05) is 18.2 Å². The molecule has 116 valence electrons.